The number of benzene rings is 2. The van der Waals surface area contributed by atoms with E-state index in [0.717, 1.165) is 38.9 Å². The van der Waals surface area contributed by atoms with Crippen molar-refractivity contribution in [1.29, 1.82) is 0 Å². The first-order valence-electron chi connectivity index (χ1n) is 11.0. The summed E-state index contributed by atoms with van der Waals surface area (Å²) in [5.74, 6) is 0. The van der Waals surface area contributed by atoms with E-state index in [1.807, 2.05) is 0 Å². The third kappa shape index (κ3) is 5.37. The van der Waals surface area contributed by atoms with Crippen molar-refractivity contribution in [3.8, 4) is 0 Å². The van der Waals surface area contributed by atoms with Gasteiger partial charge >= 0.3 is 0 Å². The van der Waals surface area contributed by atoms with Crippen molar-refractivity contribution >= 4 is 18.7 Å². The predicted molar refractivity (Wildman–Crippen MR) is 122 cm³/mol. The summed E-state index contributed by atoms with van der Waals surface area (Å²) in [6, 6.07) is 21.7. The van der Waals surface area contributed by atoms with Gasteiger partial charge in [-0.1, -0.05) is 81.4 Å². The van der Waals surface area contributed by atoms with Gasteiger partial charge in [-0.3, -0.25) is 0 Å². The molecule has 0 spiro atoms. The number of hydrogen-bond donors (Lipinski definition) is 0. The van der Waals surface area contributed by atoms with Crippen molar-refractivity contribution in [3.63, 3.8) is 0 Å². The van der Waals surface area contributed by atoms with E-state index in [9.17, 15) is 0 Å². The van der Waals surface area contributed by atoms with Gasteiger partial charge in [-0.25, -0.2) is 0 Å². The second-order valence-electron chi connectivity index (χ2n) is 9.05. The van der Waals surface area contributed by atoms with Crippen LogP contribution in [0.3, 0.4) is 0 Å². The smallest absolute Gasteiger partial charge is 0.261 e. The molecule has 0 unspecified atom stereocenters. The quantitative estimate of drug-likeness (QED) is 0.578. The van der Waals surface area contributed by atoms with Crippen LogP contribution in [0.1, 0.15) is 53.4 Å². The zero-order valence-corrected chi connectivity index (χ0v) is 19.4. The van der Waals surface area contributed by atoms with Gasteiger partial charge in [-0.15, -0.1) is 0 Å². The van der Waals surface area contributed by atoms with Crippen LogP contribution in [-0.4, -0.2) is 33.9 Å². The molecule has 3 nitrogen and oxygen atoms in total. The van der Waals surface area contributed by atoms with Gasteiger partial charge in [0.05, 0.1) is 13.2 Å². The Labute approximate surface area is 177 Å². The van der Waals surface area contributed by atoms with Crippen molar-refractivity contribution < 1.29 is 13.9 Å². The minimum atomic E-state index is -2.46. The lowest BCUT2D eigenvalue weighted by atomic mass is 10.1. The van der Waals surface area contributed by atoms with Crippen LogP contribution in [-0.2, 0) is 13.9 Å². The summed E-state index contributed by atoms with van der Waals surface area (Å²) in [5.41, 5.74) is 0. The summed E-state index contributed by atoms with van der Waals surface area (Å²) in [7, 11) is -2.46. The molecule has 2 aromatic carbocycles. The molecule has 3 rings (SSSR count). The fourth-order valence-corrected chi connectivity index (χ4v) is 9.06. The van der Waals surface area contributed by atoms with E-state index in [-0.39, 0.29) is 17.4 Å². The van der Waals surface area contributed by atoms with Crippen molar-refractivity contribution in [1.82, 2.24) is 0 Å². The Morgan fingerprint density at radius 3 is 1.93 bits per heavy atom. The largest absolute Gasteiger partial charge is 0.405 e. The Balaban J connectivity index is 1.81. The SMILES string of the molecule is C[C@@H](CCCC1OCCCO1)O[Si](c1ccccc1)(c1ccccc1)C(C)(C)C. The van der Waals surface area contributed by atoms with Crippen LogP contribution in [0.5, 0.6) is 0 Å². The standard InChI is InChI=1S/C25H36O3Si/c1-21(13-11-18-24-26-19-12-20-27-24)28-29(25(2,3)4,22-14-7-5-8-15-22)23-16-9-6-10-17-23/h5-10,14-17,21,24H,11-13,18-20H2,1-4H3/t21-/m0/s1. The topological polar surface area (TPSA) is 27.7 Å². The summed E-state index contributed by atoms with van der Waals surface area (Å²) >= 11 is 0. The fourth-order valence-electron chi connectivity index (χ4n) is 4.33. The van der Waals surface area contributed by atoms with Crippen LogP contribution in [0.25, 0.3) is 0 Å². The van der Waals surface area contributed by atoms with E-state index in [4.69, 9.17) is 13.9 Å². The predicted octanol–water partition coefficient (Wildman–Crippen LogP) is 4.88. The Bertz CT molecular complexity index is 681. The van der Waals surface area contributed by atoms with E-state index in [0.29, 0.717) is 0 Å². The van der Waals surface area contributed by atoms with Gasteiger partial charge in [0.1, 0.15) is 0 Å². The lowest BCUT2D eigenvalue weighted by molar-refractivity contribution is -0.181. The minimum absolute atomic E-state index is 0.0135. The molecule has 2 aromatic rings. The molecule has 1 fully saturated rings. The summed E-state index contributed by atoms with van der Waals surface area (Å²) in [5, 5.41) is 2.69. The molecule has 0 N–H and O–H groups in total. The van der Waals surface area contributed by atoms with Gasteiger partial charge < -0.3 is 13.9 Å². The minimum Gasteiger partial charge on any atom is -0.405 e. The Morgan fingerprint density at radius 2 is 1.45 bits per heavy atom. The molecule has 29 heavy (non-hydrogen) atoms. The highest BCUT2D eigenvalue weighted by Gasteiger charge is 2.50. The van der Waals surface area contributed by atoms with Gasteiger partial charge in [0, 0.05) is 6.10 Å². The van der Waals surface area contributed by atoms with Gasteiger partial charge in [0.25, 0.3) is 8.32 Å². The van der Waals surface area contributed by atoms with E-state index in [1.54, 1.807) is 0 Å². The molecule has 158 valence electrons. The highest BCUT2D eigenvalue weighted by molar-refractivity contribution is 6.99. The maximum Gasteiger partial charge on any atom is 0.261 e. The third-order valence-electron chi connectivity index (χ3n) is 5.74. The van der Waals surface area contributed by atoms with Crippen molar-refractivity contribution in [2.45, 2.75) is 70.8 Å². The summed E-state index contributed by atoms with van der Waals surface area (Å²) < 4.78 is 18.5. The van der Waals surface area contributed by atoms with Gasteiger partial charge in [0.15, 0.2) is 6.29 Å². The van der Waals surface area contributed by atoms with Crippen LogP contribution in [0.4, 0.5) is 0 Å². The summed E-state index contributed by atoms with van der Waals surface area (Å²) in [4.78, 5) is 0. The maximum atomic E-state index is 7.12. The van der Waals surface area contributed by atoms with Gasteiger partial charge in [-0.2, -0.15) is 0 Å². The molecule has 0 amide bonds. The Kier molecular flexibility index (Phi) is 7.69. The molecule has 0 aromatic heterocycles. The number of hydrogen-bond acceptors (Lipinski definition) is 3. The van der Waals surface area contributed by atoms with Crippen molar-refractivity contribution in [3.05, 3.63) is 60.7 Å². The normalized spacial score (nSPS) is 17.2. The molecule has 0 aliphatic carbocycles. The average Bonchev–Trinajstić information content (AvgIpc) is 2.73. The first-order chi connectivity index (χ1) is 13.9. The summed E-state index contributed by atoms with van der Waals surface area (Å²) in [6.45, 7) is 10.8. The molecule has 1 aliphatic rings. The lowest BCUT2D eigenvalue weighted by Crippen LogP contribution is -2.67. The molecule has 4 heteroatoms. The van der Waals surface area contributed by atoms with Crippen LogP contribution < -0.4 is 10.4 Å². The molecular weight excluding hydrogens is 376 g/mol. The number of ether oxygens (including phenoxy) is 2. The second kappa shape index (κ2) is 10.0. The molecule has 1 heterocycles. The third-order valence-corrected chi connectivity index (χ3v) is 10.9. The molecule has 1 saturated heterocycles. The first kappa shape index (κ1) is 22.2. The molecule has 0 saturated carbocycles. The van der Waals surface area contributed by atoms with E-state index < -0.39 is 8.32 Å². The van der Waals surface area contributed by atoms with Crippen LogP contribution in [0.2, 0.25) is 5.04 Å². The monoisotopic (exact) mass is 412 g/mol. The second-order valence-corrected chi connectivity index (χ2v) is 13.3. The fraction of sp³-hybridized carbons (Fsp3) is 0.520. The molecular formula is C25H36O3Si. The van der Waals surface area contributed by atoms with Crippen molar-refractivity contribution in [2.75, 3.05) is 13.2 Å². The molecule has 0 bridgehead atoms. The number of rotatable bonds is 8. The van der Waals surface area contributed by atoms with E-state index in [1.165, 1.54) is 10.4 Å². The Hall–Kier alpha value is -1.46. The zero-order valence-electron chi connectivity index (χ0n) is 18.4. The summed E-state index contributed by atoms with van der Waals surface area (Å²) in [6.07, 6.45) is 4.13. The van der Waals surface area contributed by atoms with Crippen LogP contribution in [0.15, 0.2) is 60.7 Å². The van der Waals surface area contributed by atoms with E-state index >= 15 is 0 Å². The lowest BCUT2D eigenvalue weighted by Gasteiger charge is -2.44. The first-order valence-corrected chi connectivity index (χ1v) is 12.9. The molecule has 1 atom stereocenters. The maximum absolute atomic E-state index is 7.12. The average molecular weight is 413 g/mol. The van der Waals surface area contributed by atoms with Crippen LogP contribution >= 0.6 is 0 Å². The van der Waals surface area contributed by atoms with Crippen LogP contribution in [0, 0.1) is 0 Å². The highest BCUT2D eigenvalue weighted by atomic mass is 28.4. The van der Waals surface area contributed by atoms with E-state index in [2.05, 4.69) is 88.4 Å². The van der Waals surface area contributed by atoms with Crippen molar-refractivity contribution in [2.24, 2.45) is 0 Å². The van der Waals surface area contributed by atoms with Gasteiger partial charge in [0.2, 0.25) is 0 Å². The molecule has 0 radical (unpaired) electrons. The molecule has 1 aliphatic heterocycles. The highest BCUT2D eigenvalue weighted by Crippen LogP contribution is 2.38. The van der Waals surface area contributed by atoms with Gasteiger partial charge in [-0.05, 0) is 48.0 Å². The zero-order chi connectivity index (χ0) is 20.7. The Morgan fingerprint density at radius 1 is 0.931 bits per heavy atom.